The number of anilines is 2. The molecule has 0 saturated heterocycles. The molecular formula is C16H14N2O2. The Labute approximate surface area is 117 Å². The molecule has 0 radical (unpaired) electrons. The summed E-state index contributed by atoms with van der Waals surface area (Å²) < 4.78 is 0. The van der Waals surface area contributed by atoms with Crippen molar-refractivity contribution in [1.82, 2.24) is 0 Å². The fourth-order valence-electron chi connectivity index (χ4n) is 2.34. The number of benzene rings is 2. The number of fused-ring (bicyclic) bond motifs is 1. The number of amides is 2. The van der Waals surface area contributed by atoms with E-state index in [1.54, 1.807) is 17.0 Å². The Morgan fingerprint density at radius 3 is 2.50 bits per heavy atom. The summed E-state index contributed by atoms with van der Waals surface area (Å²) in [6, 6.07) is 16.3. The number of ketones is 1. The molecule has 2 aromatic carbocycles. The number of hydrogen-bond donors (Lipinski definition) is 1. The van der Waals surface area contributed by atoms with Crippen LogP contribution in [0.5, 0.6) is 0 Å². The van der Waals surface area contributed by atoms with Gasteiger partial charge < -0.3 is 5.32 Å². The van der Waals surface area contributed by atoms with Crippen LogP contribution in [-0.4, -0.2) is 18.4 Å². The van der Waals surface area contributed by atoms with Gasteiger partial charge in [0.25, 0.3) is 0 Å². The van der Waals surface area contributed by atoms with E-state index in [2.05, 4.69) is 5.32 Å². The number of carbonyl (C=O) groups is 2. The van der Waals surface area contributed by atoms with Crippen LogP contribution >= 0.6 is 0 Å². The van der Waals surface area contributed by atoms with Gasteiger partial charge in [-0.3, -0.25) is 9.69 Å². The monoisotopic (exact) mass is 266 g/mol. The topological polar surface area (TPSA) is 49.4 Å². The van der Waals surface area contributed by atoms with E-state index >= 15 is 0 Å². The molecule has 0 fully saturated rings. The molecule has 2 amide bonds. The highest BCUT2D eigenvalue weighted by Crippen LogP contribution is 2.27. The van der Waals surface area contributed by atoms with Crippen molar-refractivity contribution in [2.24, 2.45) is 0 Å². The lowest BCUT2D eigenvalue weighted by Crippen LogP contribution is -2.40. The zero-order chi connectivity index (χ0) is 13.9. The average molecular weight is 266 g/mol. The lowest BCUT2D eigenvalue weighted by atomic mass is 10.0. The summed E-state index contributed by atoms with van der Waals surface area (Å²) in [7, 11) is 0. The van der Waals surface area contributed by atoms with Gasteiger partial charge in [0.1, 0.15) is 0 Å². The van der Waals surface area contributed by atoms with Gasteiger partial charge in [0, 0.05) is 24.2 Å². The Bertz CT molecular complexity index is 653. The smallest absolute Gasteiger partial charge is 0.308 e. The van der Waals surface area contributed by atoms with Gasteiger partial charge in [-0.1, -0.05) is 30.3 Å². The van der Waals surface area contributed by atoms with Crippen LogP contribution < -0.4 is 10.2 Å². The Morgan fingerprint density at radius 1 is 1.00 bits per heavy atom. The first-order valence-corrected chi connectivity index (χ1v) is 6.51. The van der Waals surface area contributed by atoms with Gasteiger partial charge in [0.05, 0.1) is 5.69 Å². The van der Waals surface area contributed by atoms with Crippen LogP contribution in [-0.2, 0) is 0 Å². The zero-order valence-electron chi connectivity index (χ0n) is 10.9. The van der Waals surface area contributed by atoms with Crippen LogP contribution in [0, 0.1) is 0 Å². The SMILES string of the molecule is O=C1CCN(C(=O)Nc2ccccc2)c2ccccc21. The van der Waals surface area contributed by atoms with Crippen molar-refractivity contribution in [1.29, 1.82) is 0 Å². The molecule has 0 aliphatic carbocycles. The second-order valence-corrected chi connectivity index (χ2v) is 4.64. The van der Waals surface area contributed by atoms with Gasteiger partial charge in [-0.25, -0.2) is 4.79 Å². The van der Waals surface area contributed by atoms with Gasteiger partial charge in [0.2, 0.25) is 0 Å². The van der Waals surface area contributed by atoms with Gasteiger partial charge >= 0.3 is 6.03 Å². The number of nitrogens with one attached hydrogen (secondary N) is 1. The molecule has 2 aromatic rings. The summed E-state index contributed by atoms with van der Waals surface area (Å²) >= 11 is 0. The first-order valence-electron chi connectivity index (χ1n) is 6.51. The molecule has 1 aliphatic rings. The van der Waals surface area contributed by atoms with Crippen molar-refractivity contribution in [3.8, 4) is 0 Å². The molecule has 0 bridgehead atoms. The van der Waals surface area contributed by atoms with E-state index in [-0.39, 0.29) is 11.8 Å². The van der Waals surface area contributed by atoms with Crippen LogP contribution in [0.3, 0.4) is 0 Å². The molecular weight excluding hydrogens is 252 g/mol. The Morgan fingerprint density at radius 2 is 1.70 bits per heavy atom. The van der Waals surface area contributed by atoms with Gasteiger partial charge in [-0.2, -0.15) is 0 Å². The minimum absolute atomic E-state index is 0.0874. The molecule has 1 N–H and O–H groups in total. The molecule has 100 valence electrons. The first kappa shape index (κ1) is 12.4. The van der Waals surface area contributed by atoms with Gasteiger partial charge in [-0.15, -0.1) is 0 Å². The molecule has 1 aliphatic heterocycles. The summed E-state index contributed by atoms with van der Waals surface area (Å²) in [5.41, 5.74) is 2.03. The maximum absolute atomic E-state index is 12.3. The molecule has 4 nitrogen and oxygen atoms in total. The predicted octanol–water partition coefficient (Wildman–Crippen LogP) is 3.31. The van der Waals surface area contributed by atoms with E-state index in [4.69, 9.17) is 0 Å². The zero-order valence-corrected chi connectivity index (χ0v) is 10.9. The third-order valence-corrected chi connectivity index (χ3v) is 3.33. The Kier molecular flexibility index (Phi) is 3.21. The van der Waals surface area contributed by atoms with Crippen molar-refractivity contribution in [2.75, 3.05) is 16.8 Å². The third-order valence-electron chi connectivity index (χ3n) is 3.33. The van der Waals surface area contributed by atoms with Gasteiger partial charge in [-0.05, 0) is 24.3 Å². The molecule has 0 aromatic heterocycles. The quantitative estimate of drug-likeness (QED) is 0.860. The Hall–Kier alpha value is -2.62. The Balaban J connectivity index is 1.86. The summed E-state index contributed by atoms with van der Waals surface area (Å²) in [5, 5.41) is 2.84. The fourth-order valence-corrected chi connectivity index (χ4v) is 2.34. The maximum Gasteiger partial charge on any atom is 0.326 e. The summed E-state index contributed by atoms with van der Waals surface area (Å²) in [4.78, 5) is 25.8. The predicted molar refractivity (Wildman–Crippen MR) is 78.2 cm³/mol. The number of rotatable bonds is 1. The number of nitrogens with zero attached hydrogens (tertiary/aromatic N) is 1. The molecule has 4 heteroatoms. The van der Waals surface area contributed by atoms with Crippen molar-refractivity contribution in [2.45, 2.75) is 6.42 Å². The normalized spacial score (nSPS) is 13.8. The molecule has 3 rings (SSSR count). The maximum atomic E-state index is 12.3. The van der Waals surface area contributed by atoms with Crippen molar-refractivity contribution in [3.63, 3.8) is 0 Å². The van der Waals surface area contributed by atoms with Crippen LogP contribution in [0.2, 0.25) is 0 Å². The molecule has 0 atom stereocenters. The fraction of sp³-hybridized carbons (Fsp3) is 0.125. The van der Waals surface area contributed by atoms with Crippen LogP contribution in [0.4, 0.5) is 16.2 Å². The second kappa shape index (κ2) is 5.17. The van der Waals surface area contributed by atoms with Crippen LogP contribution in [0.15, 0.2) is 54.6 Å². The lowest BCUT2D eigenvalue weighted by Gasteiger charge is -2.28. The highest BCUT2D eigenvalue weighted by Gasteiger charge is 2.26. The first-order chi connectivity index (χ1) is 9.75. The van der Waals surface area contributed by atoms with E-state index in [1.165, 1.54) is 0 Å². The van der Waals surface area contributed by atoms with E-state index in [0.29, 0.717) is 24.2 Å². The minimum Gasteiger partial charge on any atom is -0.308 e. The molecule has 0 spiro atoms. The van der Waals surface area contributed by atoms with Gasteiger partial charge in [0.15, 0.2) is 5.78 Å². The lowest BCUT2D eigenvalue weighted by molar-refractivity contribution is 0.0981. The van der Waals surface area contributed by atoms with E-state index in [0.717, 1.165) is 5.69 Å². The van der Waals surface area contributed by atoms with E-state index in [1.807, 2.05) is 42.5 Å². The highest BCUT2D eigenvalue weighted by molar-refractivity contribution is 6.11. The largest absolute Gasteiger partial charge is 0.326 e. The van der Waals surface area contributed by atoms with Crippen LogP contribution in [0.1, 0.15) is 16.8 Å². The van der Waals surface area contributed by atoms with Crippen molar-refractivity contribution < 1.29 is 9.59 Å². The van der Waals surface area contributed by atoms with E-state index in [9.17, 15) is 9.59 Å². The molecule has 0 unspecified atom stereocenters. The van der Waals surface area contributed by atoms with Crippen LogP contribution in [0.25, 0.3) is 0 Å². The summed E-state index contributed by atoms with van der Waals surface area (Å²) in [6.07, 6.45) is 0.360. The van der Waals surface area contributed by atoms with E-state index < -0.39 is 0 Å². The summed E-state index contributed by atoms with van der Waals surface area (Å²) in [6.45, 7) is 0.411. The molecule has 1 heterocycles. The summed E-state index contributed by atoms with van der Waals surface area (Å²) in [5.74, 6) is 0.0874. The van der Waals surface area contributed by atoms with Crippen molar-refractivity contribution >= 4 is 23.2 Å². The molecule has 0 saturated carbocycles. The number of urea groups is 1. The second-order valence-electron chi connectivity index (χ2n) is 4.64. The molecule has 20 heavy (non-hydrogen) atoms. The standard InChI is InChI=1S/C16H14N2O2/c19-15-10-11-18(14-9-5-4-8-13(14)15)16(20)17-12-6-2-1-3-7-12/h1-9H,10-11H2,(H,17,20). The minimum atomic E-state index is -0.212. The third kappa shape index (κ3) is 2.28. The number of para-hydroxylation sites is 2. The average Bonchev–Trinajstić information content (AvgIpc) is 2.49. The number of Topliss-reactive ketones (excluding diaryl/α,β-unsaturated/α-hetero) is 1. The number of carbonyl (C=O) groups excluding carboxylic acids is 2. The number of hydrogen-bond acceptors (Lipinski definition) is 2. The highest BCUT2D eigenvalue weighted by atomic mass is 16.2. The van der Waals surface area contributed by atoms with Crippen molar-refractivity contribution in [3.05, 3.63) is 60.2 Å².